The average molecular weight is 503 g/mol. The number of nitrogens with one attached hydrogen (secondary N) is 1. The lowest BCUT2D eigenvalue weighted by molar-refractivity contribution is 0.575. The summed E-state index contributed by atoms with van der Waals surface area (Å²) in [4.78, 5) is 0. The molecule has 1 N–H and O–H groups in total. The largest absolute Gasteiger partial charge is 0.456 e. The Balaban J connectivity index is 1.25. The predicted octanol–water partition coefficient (Wildman–Crippen LogP) is 6.92. The van der Waals surface area contributed by atoms with Gasteiger partial charge in [-0.3, -0.25) is 4.68 Å². The molecule has 0 saturated carbocycles. The van der Waals surface area contributed by atoms with Gasteiger partial charge in [-0.25, -0.2) is 0 Å². The Bertz CT molecular complexity index is 2030. The monoisotopic (exact) mass is 502 g/mol. The van der Waals surface area contributed by atoms with Crippen LogP contribution in [-0.4, -0.2) is 4.68 Å². The van der Waals surface area contributed by atoms with Crippen molar-refractivity contribution >= 4 is 23.1 Å². The Morgan fingerprint density at radius 3 is 1.92 bits per heavy atom. The van der Waals surface area contributed by atoms with Gasteiger partial charge < -0.3 is 9.84 Å². The van der Waals surface area contributed by atoms with Crippen molar-refractivity contribution in [3.8, 4) is 22.3 Å². The third-order valence-corrected chi connectivity index (χ3v) is 8.31. The summed E-state index contributed by atoms with van der Waals surface area (Å²) >= 11 is 0. The molecule has 0 amide bonds. The van der Waals surface area contributed by atoms with E-state index in [1.165, 1.54) is 44.5 Å². The molecule has 2 heterocycles. The highest BCUT2D eigenvalue weighted by Crippen LogP contribution is 2.62. The van der Waals surface area contributed by atoms with Crippen molar-refractivity contribution in [3.63, 3.8) is 0 Å². The number of hydrogen-bond acceptors (Lipinski definition) is 2. The second kappa shape index (κ2) is 8.24. The second-order valence-corrected chi connectivity index (χ2v) is 10.2. The van der Waals surface area contributed by atoms with E-state index in [0.29, 0.717) is 0 Å². The van der Waals surface area contributed by atoms with Crippen molar-refractivity contribution in [3.05, 3.63) is 155 Å². The van der Waals surface area contributed by atoms with Gasteiger partial charge in [0.2, 0.25) is 0 Å². The van der Waals surface area contributed by atoms with Crippen molar-refractivity contribution < 1.29 is 4.42 Å². The van der Waals surface area contributed by atoms with Gasteiger partial charge in [-0.15, -0.1) is 0 Å². The first-order valence-corrected chi connectivity index (χ1v) is 13.4. The quantitative estimate of drug-likeness (QED) is 0.284. The topological polar surface area (TPSA) is 30.1 Å². The molecule has 3 nitrogen and oxygen atoms in total. The van der Waals surface area contributed by atoms with Crippen molar-refractivity contribution in [2.75, 3.05) is 5.43 Å². The lowest BCUT2D eigenvalue weighted by Gasteiger charge is -2.29. The van der Waals surface area contributed by atoms with Crippen LogP contribution >= 0.6 is 0 Å². The highest BCUT2D eigenvalue weighted by Gasteiger charge is 2.52. The number of allylic oxidation sites excluding steroid dienone is 1. The van der Waals surface area contributed by atoms with Crippen molar-refractivity contribution in [2.45, 2.75) is 12.3 Å². The molecule has 2 aromatic heterocycles. The molecule has 1 spiro atoms. The molecule has 39 heavy (non-hydrogen) atoms. The summed E-state index contributed by atoms with van der Waals surface area (Å²) in [6.45, 7) is 2.01. The Labute approximate surface area is 226 Å². The molecule has 0 bridgehead atoms. The Hall–Kier alpha value is -5.02. The molecule has 6 aromatic rings. The molecule has 2 aliphatic carbocycles. The molecular formula is C36H26N2O. The van der Waals surface area contributed by atoms with Gasteiger partial charge in [-0.05, 0) is 70.2 Å². The normalized spacial score (nSPS) is 15.2. The molecule has 0 saturated heterocycles. The van der Waals surface area contributed by atoms with Crippen LogP contribution < -0.4 is 16.1 Å². The van der Waals surface area contributed by atoms with Gasteiger partial charge in [0.05, 0.1) is 5.41 Å². The van der Waals surface area contributed by atoms with Crippen LogP contribution in [0, 0.1) is 0 Å². The van der Waals surface area contributed by atoms with Crippen LogP contribution in [0.25, 0.3) is 45.4 Å². The number of hydrogen-bond donors (Lipinski definition) is 1. The molecule has 2 aliphatic rings. The molecule has 0 atom stereocenters. The maximum atomic E-state index is 6.00. The minimum absolute atomic E-state index is 0.316. The third-order valence-electron chi connectivity index (χ3n) is 8.31. The van der Waals surface area contributed by atoms with Crippen LogP contribution in [0.15, 0.2) is 126 Å². The number of para-hydroxylation sites is 1. The summed E-state index contributed by atoms with van der Waals surface area (Å²) in [6, 6.07) is 34.8. The highest BCUT2D eigenvalue weighted by atomic mass is 16.3. The molecule has 0 fully saturated rings. The van der Waals surface area contributed by atoms with E-state index in [0.717, 1.165) is 21.6 Å². The Kier molecular flexibility index (Phi) is 4.65. The summed E-state index contributed by atoms with van der Waals surface area (Å²) in [5.74, 6) is 0. The first-order valence-electron chi connectivity index (χ1n) is 13.4. The van der Waals surface area contributed by atoms with Gasteiger partial charge in [0.15, 0.2) is 0 Å². The molecule has 186 valence electrons. The van der Waals surface area contributed by atoms with E-state index in [1.807, 2.05) is 43.5 Å². The zero-order chi connectivity index (χ0) is 26.0. The fraction of sp³-hybridized carbons (Fsp3) is 0.0556. The van der Waals surface area contributed by atoms with E-state index in [4.69, 9.17) is 4.42 Å². The van der Waals surface area contributed by atoms with E-state index in [-0.39, 0.29) is 5.41 Å². The number of nitrogens with zero attached hydrogens (tertiary/aromatic N) is 1. The van der Waals surface area contributed by atoms with Gasteiger partial charge >= 0.3 is 0 Å². The summed E-state index contributed by atoms with van der Waals surface area (Å²) < 4.78 is 8.08. The summed E-state index contributed by atoms with van der Waals surface area (Å²) in [5.41, 5.74) is 15.5. The number of benzene rings is 4. The average Bonchev–Trinajstić information content (AvgIpc) is 3.71. The molecule has 3 heteroatoms. The standard InChI is InChI=1S/C36H26N2O/c1-2-34-27(28-15-6-10-20-35(28)39-34)16-11-21-37-38-22-29-26-14-5-9-19-32(26)36(33(29)23-38)30-17-7-3-12-24(30)25-13-4-8-18-31(25)36/h2-23,37H,1H3/b21-11+,27-16-,34-2+. The molecule has 0 radical (unpaired) electrons. The van der Waals surface area contributed by atoms with Gasteiger partial charge in [-0.1, -0.05) is 91.0 Å². The lowest BCUT2D eigenvalue weighted by atomic mass is 9.71. The van der Waals surface area contributed by atoms with E-state index < -0.39 is 0 Å². The zero-order valence-corrected chi connectivity index (χ0v) is 21.6. The number of aromatic nitrogens is 1. The van der Waals surface area contributed by atoms with E-state index >= 15 is 0 Å². The SMILES string of the molecule is C/C=c1/oc2ccccc2/c1=C/C=C/Nn1cc2c(c1)C1(c3ccccc3-c3ccccc31)c1ccccc1-2. The van der Waals surface area contributed by atoms with Crippen molar-refractivity contribution in [1.82, 2.24) is 4.68 Å². The summed E-state index contributed by atoms with van der Waals surface area (Å²) in [5, 5.41) is 2.21. The number of fused-ring (bicyclic) bond motifs is 11. The number of furan rings is 1. The summed E-state index contributed by atoms with van der Waals surface area (Å²) in [7, 11) is 0. The molecule has 0 aliphatic heterocycles. The predicted molar refractivity (Wildman–Crippen MR) is 159 cm³/mol. The second-order valence-electron chi connectivity index (χ2n) is 10.2. The van der Waals surface area contributed by atoms with Crippen LogP contribution in [0.2, 0.25) is 0 Å². The van der Waals surface area contributed by atoms with E-state index in [9.17, 15) is 0 Å². The van der Waals surface area contributed by atoms with Crippen molar-refractivity contribution in [1.29, 1.82) is 0 Å². The van der Waals surface area contributed by atoms with Gasteiger partial charge in [0.25, 0.3) is 0 Å². The van der Waals surface area contributed by atoms with E-state index in [1.54, 1.807) is 0 Å². The zero-order valence-electron chi connectivity index (χ0n) is 21.6. The minimum Gasteiger partial charge on any atom is -0.456 e. The van der Waals surface area contributed by atoms with Gasteiger partial charge in [0.1, 0.15) is 11.0 Å². The fourth-order valence-electron chi connectivity index (χ4n) is 6.79. The molecule has 0 unspecified atom stereocenters. The van der Waals surface area contributed by atoms with Crippen LogP contribution in [0.5, 0.6) is 0 Å². The Morgan fingerprint density at radius 2 is 1.26 bits per heavy atom. The van der Waals surface area contributed by atoms with E-state index in [2.05, 4.69) is 107 Å². The van der Waals surface area contributed by atoms with Crippen LogP contribution in [0.1, 0.15) is 29.2 Å². The van der Waals surface area contributed by atoms with Crippen LogP contribution in [0.4, 0.5) is 0 Å². The highest BCUT2D eigenvalue weighted by molar-refractivity contribution is 5.94. The maximum absolute atomic E-state index is 6.00. The number of rotatable bonds is 3. The van der Waals surface area contributed by atoms with Gasteiger partial charge in [0, 0.05) is 34.8 Å². The molecule has 4 aromatic carbocycles. The van der Waals surface area contributed by atoms with Crippen LogP contribution in [-0.2, 0) is 5.41 Å². The lowest BCUT2D eigenvalue weighted by Crippen LogP contribution is -2.26. The first-order chi connectivity index (χ1) is 19.3. The maximum Gasteiger partial charge on any atom is 0.135 e. The molecule has 8 rings (SSSR count). The smallest absolute Gasteiger partial charge is 0.135 e. The fourth-order valence-corrected chi connectivity index (χ4v) is 6.79. The Morgan fingerprint density at radius 1 is 0.667 bits per heavy atom. The summed E-state index contributed by atoms with van der Waals surface area (Å²) in [6.07, 6.45) is 12.6. The van der Waals surface area contributed by atoms with Gasteiger partial charge in [-0.2, -0.15) is 0 Å². The van der Waals surface area contributed by atoms with Crippen LogP contribution in [0.3, 0.4) is 0 Å². The molecular weight excluding hydrogens is 476 g/mol. The first kappa shape index (κ1) is 22.0. The van der Waals surface area contributed by atoms with Crippen molar-refractivity contribution in [2.24, 2.45) is 0 Å². The minimum atomic E-state index is -0.316. The third kappa shape index (κ3) is 2.93.